The summed E-state index contributed by atoms with van der Waals surface area (Å²) < 4.78 is 10.7. The lowest BCUT2D eigenvalue weighted by Gasteiger charge is -2.04. The van der Waals surface area contributed by atoms with Gasteiger partial charge in [-0.1, -0.05) is 42.5 Å². The van der Waals surface area contributed by atoms with Gasteiger partial charge >= 0.3 is 0 Å². The summed E-state index contributed by atoms with van der Waals surface area (Å²) in [5.41, 5.74) is 5.19. The highest BCUT2D eigenvalue weighted by Crippen LogP contribution is 2.50. The average Bonchev–Trinajstić information content (AvgIpc) is 3.58. The molecule has 34 heavy (non-hydrogen) atoms. The van der Waals surface area contributed by atoms with Crippen LogP contribution in [0.15, 0.2) is 78.9 Å². The SMILES string of the molecule is COc1ccc2c(c1)sc1c2c2cc(-c3ccccc3)cc3c4c5ccc(C)cc5sc4n1c32. The Morgan fingerprint density at radius 2 is 1.29 bits per heavy atom. The first-order chi connectivity index (χ1) is 16.7. The van der Waals surface area contributed by atoms with Gasteiger partial charge in [0.25, 0.3) is 0 Å². The summed E-state index contributed by atoms with van der Waals surface area (Å²) in [6.07, 6.45) is 0. The largest absolute Gasteiger partial charge is 0.497 e. The van der Waals surface area contributed by atoms with Crippen molar-refractivity contribution in [3.8, 4) is 16.9 Å². The number of benzene rings is 4. The highest BCUT2D eigenvalue weighted by Gasteiger charge is 2.24. The normalized spacial score (nSPS) is 12.4. The van der Waals surface area contributed by atoms with Crippen molar-refractivity contribution in [2.75, 3.05) is 7.11 Å². The molecule has 0 aliphatic rings. The molecule has 0 spiro atoms. The van der Waals surface area contributed by atoms with Gasteiger partial charge < -0.3 is 4.74 Å². The molecular formula is C30H19NOS2. The van der Waals surface area contributed by atoms with Crippen LogP contribution in [0.25, 0.3) is 68.0 Å². The molecule has 0 N–H and O–H groups in total. The van der Waals surface area contributed by atoms with E-state index in [4.69, 9.17) is 4.74 Å². The smallest absolute Gasteiger partial charge is 0.120 e. The van der Waals surface area contributed by atoms with Gasteiger partial charge in [-0.3, -0.25) is 4.40 Å². The number of fused-ring (bicyclic) bond motifs is 10. The molecule has 4 aromatic heterocycles. The van der Waals surface area contributed by atoms with Crippen LogP contribution in [0.3, 0.4) is 0 Å². The fraction of sp³-hybridized carbons (Fsp3) is 0.0667. The van der Waals surface area contributed by atoms with Gasteiger partial charge in [0.1, 0.15) is 15.4 Å². The molecule has 0 aliphatic heterocycles. The van der Waals surface area contributed by atoms with Crippen LogP contribution in [-0.4, -0.2) is 11.5 Å². The van der Waals surface area contributed by atoms with Crippen LogP contribution in [0.2, 0.25) is 0 Å². The van der Waals surface area contributed by atoms with Crippen molar-refractivity contribution in [1.29, 1.82) is 0 Å². The van der Waals surface area contributed by atoms with Crippen LogP contribution in [0.4, 0.5) is 0 Å². The van der Waals surface area contributed by atoms with Crippen molar-refractivity contribution >= 4 is 79.6 Å². The number of hydrogen-bond donors (Lipinski definition) is 0. The Labute approximate surface area is 203 Å². The predicted octanol–water partition coefficient (Wildman–Crippen LogP) is 9.25. The van der Waals surface area contributed by atoms with Gasteiger partial charge in [0.05, 0.1) is 12.6 Å². The lowest BCUT2D eigenvalue weighted by Crippen LogP contribution is -1.81. The first-order valence-electron chi connectivity index (χ1n) is 11.4. The molecule has 0 aliphatic carbocycles. The molecule has 0 fully saturated rings. The Balaban J connectivity index is 1.65. The van der Waals surface area contributed by atoms with Crippen molar-refractivity contribution < 1.29 is 4.74 Å². The molecule has 0 bridgehead atoms. The summed E-state index contributed by atoms with van der Waals surface area (Å²) in [4.78, 5) is 2.67. The van der Waals surface area contributed by atoms with Crippen molar-refractivity contribution in [2.45, 2.75) is 6.92 Å². The summed E-state index contributed by atoms with van der Waals surface area (Å²) in [6.45, 7) is 2.18. The summed E-state index contributed by atoms with van der Waals surface area (Å²) >= 11 is 3.78. The van der Waals surface area contributed by atoms with Gasteiger partial charge in [0.2, 0.25) is 0 Å². The molecule has 162 valence electrons. The molecule has 0 atom stereocenters. The first kappa shape index (κ1) is 18.8. The van der Waals surface area contributed by atoms with E-state index in [1.165, 1.54) is 73.6 Å². The molecule has 0 radical (unpaired) electrons. The molecule has 8 aromatic rings. The fourth-order valence-corrected chi connectivity index (χ4v) is 8.21. The number of nitrogens with zero attached hydrogens (tertiary/aromatic N) is 1. The fourth-order valence-electron chi connectivity index (χ4n) is 5.57. The molecular weight excluding hydrogens is 454 g/mol. The Morgan fingerprint density at radius 1 is 0.647 bits per heavy atom. The monoisotopic (exact) mass is 473 g/mol. The third-order valence-electron chi connectivity index (χ3n) is 7.09. The van der Waals surface area contributed by atoms with E-state index in [0.717, 1.165) is 5.75 Å². The molecule has 8 rings (SSSR count). The van der Waals surface area contributed by atoms with E-state index in [0.29, 0.717) is 0 Å². The summed E-state index contributed by atoms with van der Waals surface area (Å²) in [5.74, 6) is 0.908. The lowest BCUT2D eigenvalue weighted by molar-refractivity contribution is 0.415. The van der Waals surface area contributed by atoms with Crippen LogP contribution in [-0.2, 0) is 0 Å². The molecule has 0 amide bonds. The van der Waals surface area contributed by atoms with E-state index in [2.05, 4.69) is 90.2 Å². The van der Waals surface area contributed by atoms with E-state index in [9.17, 15) is 0 Å². The number of methoxy groups -OCH3 is 1. The third kappa shape index (κ3) is 2.29. The van der Waals surface area contributed by atoms with E-state index in [1.807, 2.05) is 22.7 Å². The Bertz CT molecular complexity index is 2060. The lowest BCUT2D eigenvalue weighted by atomic mass is 9.99. The Hall–Kier alpha value is -3.60. The second-order valence-corrected chi connectivity index (χ2v) is 11.1. The number of aryl methyl sites for hydroxylation is 1. The Kier molecular flexibility index (Phi) is 3.59. The molecule has 4 heteroatoms. The molecule has 0 unspecified atom stereocenters. The van der Waals surface area contributed by atoms with Gasteiger partial charge in [-0.25, -0.2) is 0 Å². The van der Waals surface area contributed by atoms with Crippen LogP contribution < -0.4 is 4.74 Å². The number of rotatable bonds is 2. The number of thiophene rings is 2. The average molecular weight is 474 g/mol. The third-order valence-corrected chi connectivity index (χ3v) is 9.37. The minimum absolute atomic E-state index is 0.908. The molecule has 4 aromatic carbocycles. The number of hydrogen-bond acceptors (Lipinski definition) is 3. The summed E-state index contributed by atoms with van der Waals surface area (Å²) in [6, 6.07) is 28.9. The minimum Gasteiger partial charge on any atom is -0.497 e. The first-order valence-corrected chi connectivity index (χ1v) is 13.0. The minimum atomic E-state index is 0.908. The van der Waals surface area contributed by atoms with Crippen LogP contribution >= 0.6 is 22.7 Å². The van der Waals surface area contributed by atoms with E-state index in [1.54, 1.807) is 7.11 Å². The standard InChI is InChI=1S/C30H19NOS2/c1-16-8-10-20-24(12-16)33-29-26(20)22-13-18(17-6-4-3-5-7-17)14-23-27-21-11-9-19(32-2)15-25(21)34-30(27)31(29)28(22)23/h3-15H,1-2H3. The molecule has 0 saturated heterocycles. The quantitative estimate of drug-likeness (QED) is 0.244. The highest BCUT2D eigenvalue weighted by atomic mass is 32.1. The van der Waals surface area contributed by atoms with E-state index < -0.39 is 0 Å². The van der Waals surface area contributed by atoms with E-state index >= 15 is 0 Å². The van der Waals surface area contributed by atoms with Gasteiger partial charge in [0, 0.05) is 41.7 Å². The van der Waals surface area contributed by atoms with Gasteiger partial charge in [0.15, 0.2) is 0 Å². The van der Waals surface area contributed by atoms with Crippen molar-refractivity contribution in [2.24, 2.45) is 0 Å². The maximum absolute atomic E-state index is 5.54. The van der Waals surface area contributed by atoms with Crippen molar-refractivity contribution in [3.63, 3.8) is 0 Å². The predicted molar refractivity (Wildman–Crippen MR) is 149 cm³/mol. The number of ether oxygens (including phenoxy) is 1. The molecule has 0 saturated carbocycles. The zero-order chi connectivity index (χ0) is 22.6. The zero-order valence-corrected chi connectivity index (χ0v) is 20.3. The second kappa shape index (κ2) is 6.50. The molecule has 4 heterocycles. The van der Waals surface area contributed by atoms with Crippen molar-refractivity contribution in [1.82, 2.24) is 4.40 Å². The molecule has 2 nitrogen and oxygen atoms in total. The topological polar surface area (TPSA) is 13.6 Å². The Morgan fingerprint density at radius 3 is 1.97 bits per heavy atom. The zero-order valence-electron chi connectivity index (χ0n) is 18.7. The van der Waals surface area contributed by atoms with Crippen LogP contribution in [0, 0.1) is 6.92 Å². The van der Waals surface area contributed by atoms with Crippen molar-refractivity contribution in [3.05, 3.63) is 84.4 Å². The van der Waals surface area contributed by atoms with Gasteiger partial charge in [-0.2, -0.15) is 0 Å². The van der Waals surface area contributed by atoms with Crippen LogP contribution in [0.5, 0.6) is 5.75 Å². The summed E-state index contributed by atoms with van der Waals surface area (Å²) in [5, 5.41) is 8.10. The summed E-state index contributed by atoms with van der Waals surface area (Å²) in [7, 11) is 1.74. The highest BCUT2D eigenvalue weighted by molar-refractivity contribution is 7.27. The maximum atomic E-state index is 5.54. The second-order valence-electron chi connectivity index (χ2n) is 9.05. The van der Waals surface area contributed by atoms with E-state index in [-0.39, 0.29) is 0 Å². The van der Waals surface area contributed by atoms with Gasteiger partial charge in [-0.05, 0) is 60.0 Å². The van der Waals surface area contributed by atoms with Crippen LogP contribution in [0.1, 0.15) is 5.56 Å². The van der Waals surface area contributed by atoms with Gasteiger partial charge in [-0.15, -0.1) is 22.7 Å². The number of aromatic nitrogens is 1. The maximum Gasteiger partial charge on any atom is 0.120 e.